The predicted molar refractivity (Wildman–Crippen MR) is 69.7 cm³/mol. The molecule has 1 aromatic heterocycles. The first-order valence-electron chi connectivity index (χ1n) is 6.58. The number of rotatable bonds is 5. The largest absolute Gasteiger partial charge is 0.484 e. The van der Waals surface area contributed by atoms with Crippen LogP contribution in [0.1, 0.15) is 31.2 Å². The first-order valence-corrected chi connectivity index (χ1v) is 6.58. The summed E-state index contributed by atoms with van der Waals surface area (Å²) in [5, 5.41) is 4.35. The Balaban J connectivity index is 2.01. The fraction of sp³-hybridized carbons (Fsp3) is 0.769. The fourth-order valence-corrected chi connectivity index (χ4v) is 2.29. The smallest absolute Gasteiger partial charge is 0.163 e. The highest BCUT2D eigenvalue weighted by Crippen LogP contribution is 2.31. The van der Waals surface area contributed by atoms with Gasteiger partial charge in [-0.1, -0.05) is 6.92 Å². The average Bonchev–Trinajstić information content (AvgIpc) is 2.55. The van der Waals surface area contributed by atoms with Gasteiger partial charge in [-0.05, 0) is 20.3 Å². The van der Waals surface area contributed by atoms with Gasteiger partial charge in [0.05, 0.1) is 5.69 Å². The van der Waals surface area contributed by atoms with Crippen LogP contribution in [0.2, 0.25) is 0 Å². The van der Waals surface area contributed by atoms with Gasteiger partial charge in [0.15, 0.2) is 5.75 Å². The molecule has 5 nitrogen and oxygen atoms in total. The highest BCUT2D eigenvalue weighted by Gasteiger charge is 2.42. The summed E-state index contributed by atoms with van der Waals surface area (Å²) >= 11 is 0. The Hall–Kier alpha value is -1.07. The first kappa shape index (κ1) is 13.4. The molecule has 0 aromatic carbocycles. The van der Waals surface area contributed by atoms with Crippen molar-refractivity contribution in [1.29, 1.82) is 0 Å². The van der Waals surface area contributed by atoms with Gasteiger partial charge < -0.3 is 15.2 Å². The van der Waals surface area contributed by atoms with Crippen molar-refractivity contribution in [1.82, 2.24) is 9.78 Å². The molecule has 1 aliphatic carbocycles. The average molecular weight is 253 g/mol. The standard InChI is InChI=1S/C13H23N3O2/c1-5-6-17-13-10(14)7-11(13)18-12-8(2)15-16(4)9(12)3/h10-11,13H,5-7,14H2,1-4H3. The minimum atomic E-state index is 0.0176. The lowest BCUT2D eigenvalue weighted by molar-refractivity contribution is -0.0983. The van der Waals surface area contributed by atoms with Gasteiger partial charge in [-0.15, -0.1) is 0 Å². The molecule has 1 fully saturated rings. The fourth-order valence-electron chi connectivity index (χ4n) is 2.29. The highest BCUT2D eigenvalue weighted by atomic mass is 16.5. The van der Waals surface area contributed by atoms with Crippen LogP contribution in [0.15, 0.2) is 0 Å². The van der Waals surface area contributed by atoms with E-state index in [1.54, 1.807) is 0 Å². The zero-order valence-electron chi connectivity index (χ0n) is 11.6. The van der Waals surface area contributed by atoms with E-state index < -0.39 is 0 Å². The number of hydrogen-bond donors (Lipinski definition) is 1. The normalized spacial score (nSPS) is 27.1. The summed E-state index contributed by atoms with van der Waals surface area (Å²) in [7, 11) is 1.92. The van der Waals surface area contributed by atoms with Crippen LogP contribution in [0, 0.1) is 13.8 Å². The van der Waals surface area contributed by atoms with Crippen molar-refractivity contribution < 1.29 is 9.47 Å². The number of aryl methyl sites for hydroxylation is 2. The second-order valence-electron chi connectivity index (χ2n) is 5.01. The van der Waals surface area contributed by atoms with E-state index in [1.165, 1.54) is 0 Å². The van der Waals surface area contributed by atoms with Crippen molar-refractivity contribution in [2.24, 2.45) is 12.8 Å². The lowest BCUT2D eigenvalue weighted by Gasteiger charge is -2.41. The Bertz CT molecular complexity index is 417. The van der Waals surface area contributed by atoms with Crippen LogP contribution in [-0.4, -0.2) is 34.6 Å². The predicted octanol–water partition coefficient (Wildman–Crippen LogP) is 1.31. The molecule has 3 atom stereocenters. The van der Waals surface area contributed by atoms with E-state index in [-0.39, 0.29) is 18.2 Å². The van der Waals surface area contributed by atoms with Gasteiger partial charge in [0.25, 0.3) is 0 Å². The second-order valence-corrected chi connectivity index (χ2v) is 5.01. The van der Waals surface area contributed by atoms with Crippen molar-refractivity contribution in [3.8, 4) is 5.75 Å². The summed E-state index contributed by atoms with van der Waals surface area (Å²) in [6.45, 7) is 6.80. The van der Waals surface area contributed by atoms with E-state index >= 15 is 0 Å². The summed E-state index contributed by atoms with van der Waals surface area (Å²) in [5.74, 6) is 0.875. The molecule has 18 heavy (non-hydrogen) atoms. The van der Waals surface area contributed by atoms with Crippen molar-refractivity contribution in [2.45, 2.75) is 51.9 Å². The van der Waals surface area contributed by atoms with Crippen LogP contribution in [0.25, 0.3) is 0 Å². The molecule has 0 bridgehead atoms. The molecule has 0 spiro atoms. The maximum atomic E-state index is 6.02. The Kier molecular flexibility index (Phi) is 3.92. The Morgan fingerprint density at radius 1 is 1.44 bits per heavy atom. The zero-order valence-corrected chi connectivity index (χ0v) is 11.6. The summed E-state index contributed by atoms with van der Waals surface area (Å²) in [5.41, 5.74) is 7.93. The van der Waals surface area contributed by atoms with Gasteiger partial charge in [0, 0.05) is 26.1 Å². The molecule has 2 rings (SSSR count). The molecule has 0 aliphatic heterocycles. The third kappa shape index (κ3) is 2.37. The maximum Gasteiger partial charge on any atom is 0.163 e. The highest BCUT2D eigenvalue weighted by molar-refractivity contribution is 5.32. The molecule has 0 amide bonds. The van der Waals surface area contributed by atoms with E-state index in [0.717, 1.165) is 36.6 Å². The number of nitrogens with zero attached hydrogens (tertiary/aromatic N) is 2. The molecule has 5 heteroatoms. The van der Waals surface area contributed by atoms with Gasteiger partial charge >= 0.3 is 0 Å². The monoisotopic (exact) mass is 253 g/mol. The van der Waals surface area contributed by atoms with Crippen LogP contribution < -0.4 is 10.5 Å². The van der Waals surface area contributed by atoms with Crippen LogP contribution in [0.3, 0.4) is 0 Å². The van der Waals surface area contributed by atoms with Crippen molar-refractivity contribution in [3.05, 3.63) is 11.4 Å². The molecule has 2 N–H and O–H groups in total. The van der Waals surface area contributed by atoms with Crippen molar-refractivity contribution >= 4 is 0 Å². The molecule has 1 aliphatic rings. The van der Waals surface area contributed by atoms with Crippen molar-refractivity contribution in [2.75, 3.05) is 6.61 Å². The second kappa shape index (κ2) is 5.28. The lowest BCUT2D eigenvalue weighted by atomic mass is 9.86. The molecular formula is C13H23N3O2. The summed E-state index contributed by atoms with van der Waals surface area (Å²) in [4.78, 5) is 0. The first-order chi connectivity index (χ1) is 8.54. The molecule has 1 heterocycles. The maximum absolute atomic E-state index is 6.02. The van der Waals surface area contributed by atoms with Crippen LogP contribution >= 0.6 is 0 Å². The molecule has 1 aromatic rings. The number of aromatic nitrogens is 2. The van der Waals surface area contributed by atoms with Gasteiger partial charge in [-0.3, -0.25) is 4.68 Å². The van der Waals surface area contributed by atoms with E-state index in [4.69, 9.17) is 15.2 Å². The minimum Gasteiger partial charge on any atom is -0.484 e. The van der Waals surface area contributed by atoms with Crippen LogP contribution in [-0.2, 0) is 11.8 Å². The molecular weight excluding hydrogens is 230 g/mol. The lowest BCUT2D eigenvalue weighted by Crippen LogP contribution is -2.59. The van der Waals surface area contributed by atoms with Crippen LogP contribution in [0.5, 0.6) is 5.75 Å². The van der Waals surface area contributed by atoms with E-state index in [0.29, 0.717) is 0 Å². The van der Waals surface area contributed by atoms with Crippen molar-refractivity contribution in [3.63, 3.8) is 0 Å². The third-order valence-electron chi connectivity index (χ3n) is 3.52. The SMILES string of the molecule is CCCOC1C(N)CC1Oc1c(C)nn(C)c1C. The number of ether oxygens (including phenoxy) is 2. The van der Waals surface area contributed by atoms with E-state index in [2.05, 4.69) is 12.0 Å². The number of hydrogen-bond acceptors (Lipinski definition) is 4. The molecule has 3 unspecified atom stereocenters. The topological polar surface area (TPSA) is 62.3 Å². The molecule has 0 radical (unpaired) electrons. The van der Waals surface area contributed by atoms with E-state index in [1.807, 2.05) is 25.6 Å². The summed E-state index contributed by atoms with van der Waals surface area (Å²) in [6.07, 6.45) is 1.93. The molecule has 1 saturated carbocycles. The Morgan fingerprint density at radius 3 is 2.67 bits per heavy atom. The summed E-state index contributed by atoms with van der Waals surface area (Å²) in [6, 6.07) is 0.0961. The quantitative estimate of drug-likeness (QED) is 0.859. The summed E-state index contributed by atoms with van der Waals surface area (Å²) < 4.78 is 13.6. The van der Waals surface area contributed by atoms with Crippen LogP contribution in [0.4, 0.5) is 0 Å². The van der Waals surface area contributed by atoms with Gasteiger partial charge in [-0.25, -0.2) is 0 Å². The Morgan fingerprint density at radius 2 is 2.17 bits per heavy atom. The van der Waals surface area contributed by atoms with Gasteiger partial charge in [0.2, 0.25) is 0 Å². The van der Waals surface area contributed by atoms with Gasteiger partial charge in [-0.2, -0.15) is 5.10 Å². The van der Waals surface area contributed by atoms with Gasteiger partial charge in [0.1, 0.15) is 17.9 Å². The third-order valence-corrected chi connectivity index (χ3v) is 3.52. The molecule has 102 valence electrons. The van der Waals surface area contributed by atoms with E-state index in [9.17, 15) is 0 Å². The minimum absolute atomic E-state index is 0.0176. The molecule has 0 saturated heterocycles. The Labute approximate surface area is 108 Å². The number of nitrogens with two attached hydrogens (primary N) is 1. The zero-order chi connectivity index (χ0) is 13.3.